The zero-order chi connectivity index (χ0) is 15.6. The molecule has 0 aromatic heterocycles. The Balaban J connectivity index is 2.31. The summed E-state index contributed by atoms with van der Waals surface area (Å²) in [6.07, 6.45) is 5.80. The molecule has 0 amide bonds. The highest BCUT2D eigenvalue weighted by atomic mass is 16.6. The minimum absolute atomic E-state index is 0.141. The molecular formula is C17H22O4. The van der Waals surface area contributed by atoms with Gasteiger partial charge in [-0.25, -0.2) is 4.79 Å². The normalized spacial score (nSPS) is 34.9. The molecule has 1 aliphatic carbocycles. The average Bonchev–Trinajstić information content (AvgIpc) is 2.64. The van der Waals surface area contributed by atoms with Crippen molar-refractivity contribution in [3.63, 3.8) is 0 Å². The Morgan fingerprint density at radius 1 is 1.43 bits per heavy atom. The number of esters is 2. The number of carbonyl (C=O) groups is 2. The van der Waals surface area contributed by atoms with Gasteiger partial charge >= 0.3 is 11.9 Å². The molecule has 1 aliphatic heterocycles. The maximum Gasteiger partial charge on any atom is 0.334 e. The summed E-state index contributed by atoms with van der Waals surface area (Å²) in [7, 11) is 0. The number of rotatable bonds is 1. The monoisotopic (exact) mass is 290 g/mol. The molecule has 4 heteroatoms. The van der Waals surface area contributed by atoms with Gasteiger partial charge in [-0.2, -0.15) is 0 Å². The van der Waals surface area contributed by atoms with Gasteiger partial charge in [0.1, 0.15) is 12.2 Å². The van der Waals surface area contributed by atoms with Gasteiger partial charge in [0.25, 0.3) is 0 Å². The second-order valence-electron chi connectivity index (χ2n) is 5.84. The summed E-state index contributed by atoms with van der Waals surface area (Å²) < 4.78 is 10.8. The van der Waals surface area contributed by atoms with E-state index in [1.807, 2.05) is 19.9 Å². The molecule has 1 heterocycles. The van der Waals surface area contributed by atoms with Crippen LogP contribution < -0.4 is 0 Å². The third kappa shape index (κ3) is 3.63. The molecule has 0 unspecified atom stereocenters. The van der Waals surface area contributed by atoms with Crippen molar-refractivity contribution in [2.45, 2.75) is 52.2 Å². The Morgan fingerprint density at radius 3 is 2.81 bits per heavy atom. The van der Waals surface area contributed by atoms with Gasteiger partial charge in [-0.1, -0.05) is 18.2 Å². The maximum absolute atomic E-state index is 11.8. The first-order valence-corrected chi connectivity index (χ1v) is 7.29. The fourth-order valence-electron chi connectivity index (χ4n) is 2.84. The zero-order valence-electron chi connectivity index (χ0n) is 12.8. The van der Waals surface area contributed by atoms with E-state index in [9.17, 15) is 9.59 Å². The lowest BCUT2D eigenvalue weighted by Gasteiger charge is -2.24. The molecular weight excluding hydrogens is 268 g/mol. The standard InChI is InChI=1S/C17H22O4/c1-10-6-5-7-11(2)15(20-13(4)18)9-14-12(3)17(19)21-16(14)8-10/h7-8,14-16H,3,5-6,9H2,1-2,4H3/b10-8+,11-7+/t14-,15-,16-/m1/s1. The summed E-state index contributed by atoms with van der Waals surface area (Å²) in [4.78, 5) is 23.1. The lowest BCUT2D eigenvalue weighted by Crippen LogP contribution is -2.26. The van der Waals surface area contributed by atoms with Crippen molar-refractivity contribution in [1.29, 1.82) is 0 Å². The Hall–Kier alpha value is -1.84. The van der Waals surface area contributed by atoms with Crippen molar-refractivity contribution >= 4 is 11.9 Å². The molecule has 2 aliphatic rings. The molecule has 0 radical (unpaired) electrons. The summed E-state index contributed by atoms with van der Waals surface area (Å²) >= 11 is 0. The third-order valence-corrected chi connectivity index (χ3v) is 4.09. The minimum Gasteiger partial charge on any atom is -0.458 e. The molecule has 0 saturated carbocycles. The molecule has 1 saturated heterocycles. The van der Waals surface area contributed by atoms with E-state index in [4.69, 9.17) is 9.47 Å². The van der Waals surface area contributed by atoms with Crippen molar-refractivity contribution in [3.05, 3.63) is 35.5 Å². The molecule has 3 atom stereocenters. The molecule has 0 aromatic rings. The lowest BCUT2D eigenvalue weighted by atomic mass is 9.86. The van der Waals surface area contributed by atoms with Gasteiger partial charge in [-0.05, 0) is 44.8 Å². The van der Waals surface area contributed by atoms with Gasteiger partial charge in [0, 0.05) is 18.4 Å². The highest BCUT2D eigenvalue weighted by Crippen LogP contribution is 2.35. The number of hydrogen-bond donors (Lipinski definition) is 0. The highest BCUT2D eigenvalue weighted by Gasteiger charge is 2.39. The van der Waals surface area contributed by atoms with Crippen LogP contribution in [-0.4, -0.2) is 24.1 Å². The van der Waals surface area contributed by atoms with Crippen LogP contribution in [0.4, 0.5) is 0 Å². The Labute approximate surface area is 125 Å². The van der Waals surface area contributed by atoms with E-state index in [1.165, 1.54) is 12.5 Å². The van der Waals surface area contributed by atoms with Gasteiger partial charge in [0.2, 0.25) is 0 Å². The summed E-state index contributed by atoms with van der Waals surface area (Å²) in [5.74, 6) is -0.807. The van der Waals surface area contributed by atoms with E-state index in [2.05, 4.69) is 12.7 Å². The SMILES string of the molecule is C=C1C(=O)O[C@@H]2/C=C(\C)CC/C=C(\C)[C@H](OC(C)=O)C[C@H]12. The van der Waals surface area contributed by atoms with Crippen molar-refractivity contribution in [3.8, 4) is 0 Å². The van der Waals surface area contributed by atoms with Crippen LogP contribution in [-0.2, 0) is 19.1 Å². The Morgan fingerprint density at radius 2 is 2.14 bits per heavy atom. The molecule has 4 nitrogen and oxygen atoms in total. The van der Waals surface area contributed by atoms with Crippen LogP contribution in [0.3, 0.4) is 0 Å². The van der Waals surface area contributed by atoms with Gasteiger partial charge in [0.15, 0.2) is 0 Å². The topological polar surface area (TPSA) is 52.6 Å². The highest BCUT2D eigenvalue weighted by molar-refractivity contribution is 5.91. The lowest BCUT2D eigenvalue weighted by molar-refractivity contribution is -0.145. The number of fused-ring (bicyclic) bond motifs is 1. The first-order chi connectivity index (χ1) is 9.88. The first-order valence-electron chi connectivity index (χ1n) is 7.29. The maximum atomic E-state index is 11.8. The van der Waals surface area contributed by atoms with Gasteiger partial charge < -0.3 is 9.47 Å². The second kappa shape index (κ2) is 6.29. The number of hydrogen-bond acceptors (Lipinski definition) is 4. The summed E-state index contributed by atoms with van der Waals surface area (Å²) in [6, 6.07) is 0. The van der Waals surface area contributed by atoms with Gasteiger partial charge in [0.05, 0.1) is 0 Å². The van der Waals surface area contributed by atoms with Crippen LogP contribution in [0.1, 0.15) is 40.0 Å². The summed E-state index contributed by atoms with van der Waals surface area (Å²) in [5.41, 5.74) is 2.68. The van der Waals surface area contributed by atoms with E-state index in [1.54, 1.807) is 0 Å². The van der Waals surface area contributed by atoms with Crippen LogP contribution in [0.5, 0.6) is 0 Å². The van der Waals surface area contributed by atoms with Crippen LogP contribution in [0.25, 0.3) is 0 Å². The minimum atomic E-state index is -0.350. The average molecular weight is 290 g/mol. The predicted octanol–water partition coefficient (Wildman–Crippen LogP) is 3.09. The van der Waals surface area contributed by atoms with Crippen molar-refractivity contribution in [2.24, 2.45) is 5.92 Å². The van der Waals surface area contributed by atoms with E-state index < -0.39 is 0 Å². The van der Waals surface area contributed by atoms with Gasteiger partial charge in [-0.15, -0.1) is 0 Å². The molecule has 0 spiro atoms. The Kier molecular flexibility index (Phi) is 4.66. The van der Waals surface area contributed by atoms with Crippen molar-refractivity contribution in [2.75, 3.05) is 0 Å². The number of ether oxygens (including phenoxy) is 2. The molecule has 1 fully saturated rings. The number of allylic oxidation sites excluding steroid dienone is 2. The van der Waals surface area contributed by atoms with Crippen molar-refractivity contribution < 1.29 is 19.1 Å². The van der Waals surface area contributed by atoms with Crippen LogP contribution >= 0.6 is 0 Å². The van der Waals surface area contributed by atoms with Crippen LogP contribution in [0.15, 0.2) is 35.5 Å². The Bertz CT molecular complexity index is 527. The second-order valence-corrected chi connectivity index (χ2v) is 5.84. The van der Waals surface area contributed by atoms with E-state index in [-0.39, 0.29) is 30.1 Å². The van der Waals surface area contributed by atoms with E-state index in [0.29, 0.717) is 12.0 Å². The summed E-state index contributed by atoms with van der Waals surface area (Å²) in [5, 5.41) is 0. The predicted molar refractivity (Wildman–Crippen MR) is 79.4 cm³/mol. The van der Waals surface area contributed by atoms with E-state index in [0.717, 1.165) is 18.4 Å². The fourth-order valence-corrected chi connectivity index (χ4v) is 2.84. The van der Waals surface area contributed by atoms with Crippen LogP contribution in [0, 0.1) is 5.92 Å². The van der Waals surface area contributed by atoms with Crippen LogP contribution in [0.2, 0.25) is 0 Å². The molecule has 21 heavy (non-hydrogen) atoms. The quantitative estimate of drug-likeness (QED) is 0.423. The number of carbonyl (C=O) groups excluding carboxylic acids is 2. The molecule has 0 aromatic carbocycles. The molecule has 0 bridgehead atoms. The fraction of sp³-hybridized carbons (Fsp3) is 0.529. The molecule has 2 rings (SSSR count). The first kappa shape index (κ1) is 15.5. The van der Waals surface area contributed by atoms with Gasteiger partial charge in [-0.3, -0.25) is 4.79 Å². The third-order valence-electron chi connectivity index (χ3n) is 4.09. The molecule has 114 valence electrons. The largest absolute Gasteiger partial charge is 0.458 e. The molecule has 0 N–H and O–H groups in total. The smallest absolute Gasteiger partial charge is 0.334 e. The van der Waals surface area contributed by atoms with E-state index >= 15 is 0 Å². The van der Waals surface area contributed by atoms with Crippen molar-refractivity contribution in [1.82, 2.24) is 0 Å². The summed E-state index contributed by atoms with van der Waals surface area (Å²) in [6.45, 7) is 9.25. The zero-order valence-corrected chi connectivity index (χ0v) is 12.8.